The maximum absolute atomic E-state index is 13.1. The van der Waals surface area contributed by atoms with Gasteiger partial charge in [0.25, 0.3) is 11.8 Å². The first-order valence-electron chi connectivity index (χ1n) is 13.0. The number of benzene rings is 4. The van der Waals surface area contributed by atoms with Crippen LogP contribution in [0.15, 0.2) is 102 Å². The van der Waals surface area contributed by atoms with Crippen molar-refractivity contribution >= 4 is 41.2 Å². The highest BCUT2D eigenvalue weighted by Crippen LogP contribution is 2.28. The summed E-state index contributed by atoms with van der Waals surface area (Å²) in [5, 5.41) is 7.52. The minimum atomic E-state index is -0.943. The van der Waals surface area contributed by atoms with E-state index in [1.54, 1.807) is 55.5 Å². The van der Waals surface area contributed by atoms with Gasteiger partial charge in [0.1, 0.15) is 30.0 Å². The van der Waals surface area contributed by atoms with Gasteiger partial charge in [0.05, 0.1) is 11.2 Å². The molecule has 0 aliphatic heterocycles. The van der Waals surface area contributed by atoms with Crippen molar-refractivity contribution in [3.05, 3.63) is 130 Å². The lowest BCUT2D eigenvalue weighted by Gasteiger charge is -2.21. The van der Waals surface area contributed by atoms with Crippen LogP contribution in [-0.2, 0) is 22.6 Å². The summed E-state index contributed by atoms with van der Waals surface area (Å²) in [6.07, 6.45) is 0.779. The number of rotatable bonds is 12. The number of carbonyl (C=O) groups is 2. The van der Waals surface area contributed by atoms with Gasteiger partial charge in [-0.2, -0.15) is 5.10 Å². The lowest BCUT2D eigenvalue weighted by molar-refractivity contribution is -0.132. The summed E-state index contributed by atoms with van der Waals surface area (Å²) in [5.74, 6) is -0.380. The van der Waals surface area contributed by atoms with Crippen molar-refractivity contribution in [2.24, 2.45) is 5.10 Å². The SMILES string of the molecule is C[C@H](Oc1ccc(Cl)cc1Cl)C(=O)N[C@H](Cc1ccccc1)C(=O)N/N=C\c1ccc(OCc2ccc(F)cc2)cc1. The molecule has 4 aromatic carbocycles. The molecule has 0 aliphatic rings. The molecule has 0 unspecified atom stereocenters. The number of amides is 2. The minimum Gasteiger partial charge on any atom is -0.489 e. The summed E-state index contributed by atoms with van der Waals surface area (Å²) in [5.41, 5.74) is 4.92. The molecular formula is C32H28Cl2FN3O4. The van der Waals surface area contributed by atoms with Crippen LogP contribution in [0.4, 0.5) is 4.39 Å². The number of hydrogen-bond donors (Lipinski definition) is 2. The molecule has 10 heteroatoms. The first kappa shape index (κ1) is 30.6. The van der Waals surface area contributed by atoms with Gasteiger partial charge in [-0.3, -0.25) is 9.59 Å². The topological polar surface area (TPSA) is 89.0 Å². The zero-order valence-electron chi connectivity index (χ0n) is 22.6. The molecular weight excluding hydrogens is 580 g/mol. The van der Waals surface area contributed by atoms with E-state index < -0.39 is 24.0 Å². The average Bonchev–Trinajstić information content (AvgIpc) is 2.99. The normalized spacial score (nSPS) is 12.4. The van der Waals surface area contributed by atoms with Crippen molar-refractivity contribution in [2.45, 2.75) is 32.1 Å². The van der Waals surface area contributed by atoms with Crippen LogP contribution in [0, 0.1) is 5.82 Å². The highest BCUT2D eigenvalue weighted by Gasteiger charge is 2.25. The second kappa shape index (κ2) is 15.0. The van der Waals surface area contributed by atoms with Crippen LogP contribution in [0.25, 0.3) is 0 Å². The van der Waals surface area contributed by atoms with Crippen molar-refractivity contribution in [3.63, 3.8) is 0 Å². The van der Waals surface area contributed by atoms with Crippen molar-refractivity contribution in [1.82, 2.24) is 10.7 Å². The summed E-state index contributed by atoms with van der Waals surface area (Å²) in [7, 11) is 0. The Morgan fingerprint density at radius 1 is 0.905 bits per heavy atom. The van der Waals surface area contributed by atoms with E-state index in [0.29, 0.717) is 23.1 Å². The number of ether oxygens (including phenoxy) is 2. The van der Waals surface area contributed by atoms with Gasteiger partial charge < -0.3 is 14.8 Å². The smallest absolute Gasteiger partial charge is 0.262 e. The van der Waals surface area contributed by atoms with Gasteiger partial charge in [0.2, 0.25) is 0 Å². The van der Waals surface area contributed by atoms with Crippen molar-refractivity contribution in [1.29, 1.82) is 0 Å². The summed E-state index contributed by atoms with van der Waals surface area (Å²) >= 11 is 12.1. The fourth-order valence-corrected chi connectivity index (χ4v) is 4.26. The van der Waals surface area contributed by atoms with Crippen LogP contribution in [0.1, 0.15) is 23.6 Å². The molecule has 0 bridgehead atoms. The van der Waals surface area contributed by atoms with Gasteiger partial charge in [-0.15, -0.1) is 0 Å². The Labute approximate surface area is 253 Å². The molecule has 2 N–H and O–H groups in total. The number of halogens is 3. The van der Waals surface area contributed by atoms with Crippen LogP contribution in [0.5, 0.6) is 11.5 Å². The van der Waals surface area contributed by atoms with E-state index in [4.69, 9.17) is 32.7 Å². The summed E-state index contributed by atoms with van der Waals surface area (Å²) in [4.78, 5) is 26.0. The van der Waals surface area contributed by atoms with Gasteiger partial charge >= 0.3 is 0 Å². The molecule has 4 rings (SSSR count). The number of hydrazone groups is 1. The zero-order valence-corrected chi connectivity index (χ0v) is 24.1. The molecule has 2 amide bonds. The molecule has 216 valence electrons. The Kier molecular flexibility index (Phi) is 10.9. The fraction of sp³-hybridized carbons (Fsp3) is 0.156. The number of hydrogen-bond acceptors (Lipinski definition) is 5. The van der Waals surface area contributed by atoms with Crippen LogP contribution >= 0.6 is 23.2 Å². The summed E-state index contributed by atoms with van der Waals surface area (Å²) < 4.78 is 24.5. The fourth-order valence-electron chi connectivity index (χ4n) is 3.81. The first-order chi connectivity index (χ1) is 20.3. The highest BCUT2D eigenvalue weighted by molar-refractivity contribution is 6.35. The molecule has 0 aromatic heterocycles. The van der Waals surface area contributed by atoms with Gasteiger partial charge in [-0.05, 0) is 78.2 Å². The molecule has 0 saturated heterocycles. The zero-order chi connectivity index (χ0) is 29.9. The lowest BCUT2D eigenvalue weighted by Crippen LogP contribution is -2.50. The molecule has 0 radical (unpaired) electrons. The number of nitrogens with zero attached hydrogens (tertiary/aromatic N) is 1. The van der Waals surface area contributed by atoms with E-state index >= 15 is 0 Å². The lowest BCUT2D eigenvalue weighted by atomic mass is 10.1. The molecule has 7 nitrogen and oxygen atoms in total. The van der Waals surface area contributed by atoms with Gasteiger partial charge in [0.15, 0.2) is 6.10 Å². The Balaban J connectivity index is 1.35. The quantitative estimate of drug-likeness (QED) is 0.145. The second-order valence-corrected chi connectivity index (χ2v) is 10.1. The standard InChI is InChI=1S/C32H28Cl2FN3O4/c1-21(42-30-16-11-25(33)18-28(30)34)31(39)37-29(17-22-5-3-2-4-6-22)32(40)38-36-19-23-9-14-27(15-10-23)41-20-24-7-12-26(35)13-8-24/h2-16,18-19,21,29H,17,20H2,1H3,(H,37,39)(H,38,40)/b36-19-/t21-,29+/m0/s1. The van der Waals surface area contributed by atoms with E-state index in [0.717, 1.165) is 16.7 Å². The molecule has 0 heterocycles. The van der Waals surface area contributed by atoms with Crippen LogP contribution in [0.3, 0.4) is 0 Å². The maximum atomic E-state index is 13.1. The van der Waals surface area contributed by atoms with Crippen molar-refractivity contribution in [2.75, 3.05) is 0 Å². The maximum Gasteiger partial charge on any atom is 0.262 e. The third kappa shape index (κ3) is 9.33. The van der Waals surface area contributed by atoms with Gasteiger partial charge in [-0.25, -0.2) is 9.82 Å². The van der Waals surface area contributed by atoms with E-state index in [1.165, 1.54) is 24.4 Å². The Morgan fingerprint density at radius 3 is 2.31 bits per heavy atom. The molecule has 42 heavy (non-hydrogen) atoms. The van der Waals surface area contributed by atoms with E-state index in [9.17, 15) is 14.0 Å². The summed E-state index contributed by atoms with van der Waals surface area (Å²) in [6, 6.07) is 26.2. The Morgan fingerprint density at radius 2 is 1.62 bits per heavy atom. The average molecular weight is 608 g/mol. The molecule has 0 spiro atoms. The van der Waals surface area contributed by atoms with Gasteiger partial charge in [-0.1, -0.05) is 65.7 Å². The molecule has 4 aromatic rings. The Hall–Kier alpha value is -4.40. The third-order valence-corrected chi connectivity index (χ3v) is 6.60. The van der Waals surface area contributed by atoms with Crippen LogP contribution < -0.4 is 20.2 Å². The van der Waals surface area contributed by atoms with E-state index in [-0.39, 0.29) is 17.3 Å². The number of carbonyl (C=O) groups excluding carboxylic acids is 2. The van der Waals surface area contributed by atoms with E-state index in [1.807, 2.05) is 30.3 Å². The van der Waals surface area contributed by atoms with Crippen molar-refractivity contribution < 1.29 is 23.5 Å². The minimum absolute atomic E-state index is 0.239. The molecule has 0 fully saturated rings. The number of nitrogens with one attached hydrogen (secondary N) is 2. The predicted octanol–water partition coefficient (Wildman–Crippen LogP) is 6.36. The second-order valence-electron chi connectivity index (χ2n) is 9.30. The molecule has 2 atom stereocenters. The molecule has 0 saturated carbocycles. The van der Waals surface area contributed by atoms with Gasteiger partial charge in [0, 0.05) is 11.4 Å². The van der Waals surface area contributed by atoms with Crippen LogP contribution in [0.2, 0.25) is 10.0 Å². The largest absolute Gasteiger partial charge is 0.489 e. The highest BCUT2D eigenvalue weighted by atomic mass is 35.5. The van der Waals surface area contributed by atoms with Crippen LogP contribution in [-0.4, -0.2) is 30.2 Å². The third-order valence-electron chi connectivity index (χ3n) is 6.07. The predicted molar refractivity (Wildman–Crippen MR) is 162 cm³/mol. The Bertz CT molecular complexity index is 1520. The van der Waals surface area contributed by atoms with E-state index in [2.05, 4.69) is 15.8 Å². The summed E-state index contributed by atoms with van der Waals surface area (Å²) in [6.45, 7) is 1.86. The van der Waals surface area contributed by atoms with Crippen molar-refractivity contribution in [3.8, 4) is 11.5 Å². The first-order valence-corrected chi connectivity index (χ1v) is 13.8. The monoisotopic (exact) mass is 607 g/mol. The molecule has 0 aliphatic carbocycles.